The molecule has 4 N–H and O–H groups in total. The Hall–Kier alpha value is -2.05. The molecule has 18 heavy (non-hydrogen) atoms. The van der Waals surface area contributed by atoms with Crippen LogP contribution in [0.4, 0.5) is 10.5 Å². The molecule has 0 saturated heterocycles. The number of aliphatic carboxylic acids is 1. The Morgan fingerprint density at radius 1 is 1.44 bits per heavy atom. The van der Waals surface area contributed by atoms with Gasteiger partial charge in [-0.25, -0.2) is 9.59 Å². The molecule has 7 heteroatoms. The smallest absolute Gasteiger partial charge is 0.326 e. The summed E-state index contributed by atoms with van der Waals surface area (Å²) in [5, 5.41) is 20.6. The second-order valence-corrected chi connectivity index (χ2v) is 4.09. The van der Waals surface area contributed by atoms with E-state index in [1.165, 1.54) is 0 Å². The minimum atomic E-state index is -1.03. The summed E-state index contributed by atoms with van der Waals surface area (Å²) < 4.78 is 0. The summed E-state index contributed by atoms with van der Waals surface area (Å²) in [6.45, 7) is 5.38. The molecule has 0 aliphatic carbocycles. The third-order valence-electron chi connectivity index (χ3n) is 2.55. The summed E-state index contributed by atoms with van der Waals surface area (Å²) in [6, 6.07) is -1.41. The Bertz CT molecular complexity index is 422. The van der Waals surface area contributed by atoms with Crippen molar-refractivity contribution in [2.75, 3.05) is 5.32 Å². The topological polar surface area (TPSA) is 107 Å². The van der Waals surface area contributed by atoms with E-state index in [9.17, 15) is 9.59 Å². The number of urea groups is 1. The van der Waals surface area contributed by atoms with Crippen molar-refractivity contribution < 1.29 is 14.7 Å². The standard InChI is InChI=1S/C11H18N4O3/c1-4-5-8(10(16)17)12-11(18)13-9-6(2)14-15-7(9)3/h8H,4-5H2,1-3H3,(H,14,15)(H,16,17)(H2,12,13,18)/t8-/m1/s1. The first-order chi connectivity index (χ1) is 8.45. The predicted molar refractivity (Wildman–Crippen MR) is 66.5 cm³/mol. The van der Waals surface area contributed by atoms with Crippen LogP contribution in [-0.4, -0.2) is 33.3 Å². The molecule has 0 unspecified atom stereocenters. The molecule has 0 bridgehead atoms. The molecule has 1 aromatic rings. The van der Waals surface area contributed by atoms with E-state index in [0.29, 0.717) is 24.2 Å². The lowest BCUT2D eigenvalue weighted by molar-refractivity contribution is -0.139. The fourth-order valence-electron chi connectivity index (χ4n) is 1.59. The Labute approximate surface area is 105 Å². The molecule has 1 atom stereocenters. The highest BCUT2D eigenvalue weighted by Crippen LogP contribution is 2.15. The van der Waals surface area contributed by atoms with Gasteiger partial charge in [0.05, 0.1) is 17.1 Å². The first-order valence-corrected chi connectivity index (χ1v) is 5.77. The van der Waals surface area contributed by atoms with Crippen LogP contribution in [0.2, 0.25) is 0 Å². The van der Waals surface area contributed by atoms with Crippen molar-refractivity contribution in [1.29, 1.82) is 0 Å². The Balaban J connectivity index is 2.63. The van der Waals surface area contributed by atoms with Gasteiger partial charge in [-0.05, 0) is 20.3 Å². The second kappa shape index (κ2) is 6.04. The van der Waals surface area contributed by atoms with Crippen molar-refractivity contribution in [3.8, 4) is 0 Å². The number of H-pyrrole nitrogens is 1. The zero-order valence-corrected chi connectivity index (χ0v) is 10.7. The van der Waals surface area contributed by atoms with E-state index in [1.807, 2.05) is 6.92 Å². The van der Waals surface area contributed by atoms with Crippen molar-refractivity contribution in [2.24, 2.45) is 0 Å². The molecule has 0 aliphatic heterocycles. The number of hydrogen-bond donors (Lipinski definition) is 4. The van der Waals surface area contributed by atoms with Gasteiger partial charge in [0, 0.05) is 0 Å². The van der Waals surface area contributed by atoms with Crippen LogP contribution in [0.3, 0.4) is 0 Å². The quantitative estimate of drug-likeness (QED) is 0.637. The number of aromatic nitrogens is 2. The lowest BCUT2D eigenvalue weighted by Crippen LogP contribution is -2.43. The number of carboxylic acid groups (broad SMARTS) is 1. The Morgan fingerprint density at radius 2 is 2.11 bits per heavy atom. The van der Waals surface area contributed by atoms with Crippen molar-refractivity contribution in [1.82, 2.24) is 15.5 Å². The fraction of sp³-hybridized carbons (Fsp3) is 0.545. The SMILES string of the molecule is CCC[C@@H](NC(=O)Nc1c(C)n[nH]c1C)C(=O)O. The third kappa shape index (κ3) is 3.47. The summed E-state index contributed by atoms with van der Waals surface area (Å²) in [5.41, 5.74) is 1.96. The molecule has 100 valence electrons. The minimum absolute atomic E-state index is 0.395. The van der Waals surface area contributed by atoms with Gasteiger partial charge in [-0.3, -0.25) is 5.10 Å². The van der Waals surface area contributed by atoms with E-state index < -0.39 is 18.0 Å². The molecule has 2 amide bonds. The maximum Gasteiger partial charge on any atom is 0.326 e. The molecule has 0 fully saturated rings. The number of anilines is 1. The molecular formula is C11H18N4O3. The van der Waals surface area contributed by atoms with E-state index in [4.69, 9.17) is 5.11 Å². The number of amides is 2. The van der Waals surface area contributed by atoms with Crippen molar-refractivity contribution >= 4 is 17.7 Å². The van der Waals surface area contributed by atoms with Crippen molar-refractivity contribution in [3.05, 3.63) is 11.4 Å². The van der Waals surface area contributed by atoms with Crippen LogP contribution >= 0.6 is 0 Å². The number of carbonyl (C=O) groups is 2. The van der Waals surface area contributed by atoms with Crippen LogP contribution in [0, 0.1) is 13.8 Å². The molecule has 0 radical (unpaired) electrons. The van der Waals surface area contributed by atoms with E-state index >= 15 is 0 Å². The maximum absolute atomic E-state index is 11.7. The minimum Gasteiger partial charge on any atom is -0.480 e. The lowest BCUT2D eigenvalue weighted by Gasteiger charge is -2.14. The highest BCUT2D eigenvalue weighted by Gasteiger charge is 2.19. The number of carboxylic acids is 1. The van der Waals surface area contributed by atoms with E-state index in [-0.39, 0.29) is 0 Å². The lowest BCUT2D eigenvalue weighted by atomic mass is 10.2. The van der Waals surface area contributed by atoms with Crippen LogP contribution < -0.4 is 10.6 Å². The Morgan fingerprint density at radius 3 is 2.56 bits per heavy atom. The van der Waals surface area contributed by atoms with Crippen LogP contribution in [0.1, 0.15) is 31.2 Å². The maximum atomic E-state index is 11.7. The van der Waals surface area contributed by atoms with Gasteiger partial charge in [0.1, 0.15) is 6.04 Å². The average molecular weight is 254 g/mol. The summed E-state index contributed by atoms with van der Waals surface area (Å²) >= 11 is 0. The van der Waals surface area contributed by atoms with Crippen LogP contribution in [-0.2, 0) is 4.79 Å². The first-order valence-electron chi connectivity index (χ1n) is 5.77. The number of nitrogens with zero attached hydrogens (tertiary/aromatic N) is 1. The predicted octanol–water partition coefficient (Wildman–Crippen LogP) is 1.40. The monoisotopic (exact) mass is 254 g/mol. The summed E-state index contributed by atoms with van der Waals surface area (Å²) in [5.74, 6) is -1.03. The molecule has 7 nitrogen and oxygen atoms in total. The molecule has 0 aliphatic rings. The van der Waals surface area contributed by atoms with Crippen LogP contribution in [0.15, 0.2) is 0 Å². The zero-order valence-electron chi connectivity index (χ0n) is 10.7. The van der Waals surface area contributed by atoms with E-state index in [1.54, 1.807) is 13.8 Å². The largest absolute Gasteiger partial charge is 0.480 e. The van der Waals surface area contributed by atoms with Gasteiger partial charge >= 0.3 is 12.0 Å². The van der Waals surface area contributed by atoms with E-state index in [0.717, 1.165) is 5.69 Å². The van der Waals surface area contributed by atoms with Gasteiger partial charge in [-0.1, -0.05) is 13.3 Å². The van der Waals surface area contributed by atoms with Gasteiger partial charge in [-0.15, -0.1) is 0 Å². The summed E-state index contributed by atoms with van der Waals surface area (Å²) in [6.07, 6.45) is 1.08. The third-order valence-corrected chi connectivity index (χ3v) is 2.55. The second-order valence-electron chi connectivity index (χ2n) is 4.09. The number of aromatic amines is 1. The van der Waals surface area contributed by atoms with Crippen LogP contribution in [0.5, 0.6) is 0 Å². The van der Waals surface area contributed by atoms with Gasteiger partial charge in [0.2, 0.25) is 0 Å². The molecule has 0 aromatic carbocycles. The number of rotatable bonds is 5. The molecular weight excluding hydrogens is 236 g/mol. The van der Waals surface area contributed by atoms with Gasteiger partial charge in [0.15, 0.2) is 0 Å². The van der Waals surface area contributed by atoms with Gasteiger partial charge < -0.3 is 15.7 Å². The number of hydrogen-bond acceptors (Lipinski definition) is 3. The van der Waals surface area contributed by atoms with Crippen molar-refractivity contribution in [3.63, 3.8) is 0 Å². The number of carbonyl (C=O) groups excluding carboxylic acids is 1. The zero-order chi connectivity index (χ0) is 13.7. The Kier molecular flexibility index (Phi) is 4.70. The molecule has 1 heterocycles. The van der Waals surface area contributed by atoms with Gasteiger partial charge in [-0.2, -0.15) is 5.10 Å². The normalized spacial score (nSPS) is 11.9. The number of nitrogens with one attached hydrogen (secondary N) is 3. The summed E-state index contributed by atoms with van der Waals surface area (Å²) in [4.78, 5) is 22.6. The van der Waals surface area contributed by atoms with Crippen LogP contribution in [0.25, 0.3) is 0 Å². The van der Waals surface area contributed by atoms with E-state index in [2.05, 4.69) is 20.8 Å². The molecule has 1 aromatic heterocycles. The fourth-order valence-corrected chi connectivity index (χ4v) is 1.59. The highest BCUT2D eigenvalue weighted by atomic mass is 16.4. The molecule has 0 spiro atoms. The van der Waals surface area contributed by atoms with Crippen molar-refractivity contribution in [2.45, 2.75) is 39.7 Å². The molecule has 0 saturated carbocycles. The first kappa shape index (κ1) is 14.0. The number of aryl methyl sites for hydroxylation is 2. The average Bonchev–Trinajstić information content (AvgIpc) is 2.60. The summed E-state index contributed by atoms with van der Waals surface area (Å²) in [7, 11) is 0. The van der Waals surface area contributed by atoms with Gasteiger partial charge in [0.25, 0.3) is 0 Å². The molecule has 1 rings (SSSR count). The highest BCUT2D eigenvalue weighted by molar-refractivity contribution is 5.93.